The molecule has 0 heterocycles. The summed E-state index contributed by atoms with van der Waals surface area (Å²) in [6.07, 6.45) is 0. The maximum atomic E-state index is 13.0. The molecule has 29 heavy (non-hydrogen) atoms. The van der Waals surface area contributed by atoms with E-state index in [0.717, 1.165) is 21.9 Å². The molecular weight excluding hydrogens is 384 g/mol. The average molecular weight is 411 g/mol. The van der Waals surface area contributed by atoms with Crippen LogP contribution in [0.3, 0.4) is 0 Å². The van der Waals surface area contributed by atoms with Crippen molar-refractivity contribution in [3.63, 3.8) is 0 Å². The number of nitrogens with one attached hydrogen (secondary N) is 2. The molecule has 0 aliphatic heterocycles. The SMILES string of the molecule is Cc1cc(C)c(C)c(S(=O)(=O)N[C@@H](C)C(=O)Nc2ccc3ccccc3c2)c1C. The first-order valence-electron chi connectivity index (χ1n) is 9.49. The molecule has 0 fully saturated rings. The van der Waals surface area contributed by atoms with Crippen LogP contribution in [-0.2, 0) is 14.8 Å². The van der Waals surface area contributed by atoms with E-state index in [4.69, 9.17) is 0 Å². The molecule has 3 aromatic rings. The highest BCUT2D eigenvalue weighted by atomic mass is 32.2. The van der Waals surface area contributed by atoms with E-state index >= 15 is 0 Å². The molecule has 152 valence electrons. The third-order valence-corrected chi connectivity index (χ3v) is 7.12. The second-order valence-electron chi connectivity index (χ2n) is 7.48. The van der Waals surface area contributed by atoms with Crippen LogP contribution < -0.4 is 10.0 Å². The van der Waals surface area contributed by atoms with Crippen LogP contribution in [-0.4, -0.2) is 20.4 Å². The number of hydrogen-bond acceptors (Lipinski definition) is 3. The minimum atomic E-state index is -3.85. The Kier molecular flexibility index (Phi) is 5.78. The van der Waals surface area contributed by atoms with Gasteiger partial charge in [-0.3, -0.25) is 4.79 Å². The van der Waals surface area contributed by atoms with Gasteiger partial charge in [-0.25, -0.2) is 8.42 Å². The fourth-order valence-electron chi connectivity index (χ4n) is 3.45. The number of carbonyl (C=O) groups is 1. The second-order valence-corrected chi connectivity index (χ2v) is 9.13. The molecule has 0 saturated carbocycles. The van der Waals surface area contributed by atoms with Crippen molar-refractivity contribution in [3.8, 4) is 0 Å². The van der Waals surface area contributed by atoms with Crippen molar-refractivity contribution >= 4 is 32.4 Å². The Morgan fingerprint density at radius 1 is 0.862 bits per heavy atom. The second kappa shape index (κ2) is 7.97. The van der Waals surface area contributed by atoms with E-state index in [1.54, 1.807) is 26.8 Å². The Bertz CT molecular complexity index is 1170. The van der Waals surface area contributed by atoms with Crippen molar-refractivity contribution in [2.75, 3.05) is 5.32 Å². The summed E-state index contributed by atoms with van der Waals surface area (Å²) in [5.41, 5.74) is 3.83. The Hall–Kier alpha value is -2.70. The van der Waals surface area contributed by atoms with Gasteiger partial charge in [0.05, 0.1) is 10.9 Å². The van der Waals surface area contributed by atoms with Crippen molar-refractivity contribution < 1.29 is 13.2 Å². The van der Waals surface area contributed by atoms with Gasteiger partial charge in [0.15, 0.2) is 0 Å². The predicted octanol–water partition coefficient (Wildman–Crippen LogP) is 4.38. The Morgan fingerprint density at radius 3 is 2.07 bits per heavy atom. The van der Waals surface area contributed by atoms with Crippen molar-refractivity contribution in [3.05, 3.63) is 70.8 Å². The Balaban J connectivity index is 1.81. The van der Waals surface area contributed by atoms with E-state index in [2.05, 4.69) is 10.0 Å². The van der Waals surface area contributed by atoms with Crippen LogP contribution in [0.2, 0.25) is 0 Å². The van der Waals surface area contributed by atoms with E-state index in [1.165, 1.54) is 0 Å². The summed E-state index contributed by atoms with van der Waals surface area (Å²) in [6.45, 7) is 8.89. The molecule has 1 atom stereocenters. The monoisotopic (exact) mass is 410 g/mol. The number of hydrogen-bond donors (Lipinski definition) is 2. The Labute approximate surface area is 172 Å². The molecule has 0 unspecified atom stereocenters. The summed E-state index contributed by atoms with van der Waals surface area (Å²) in [7, 11) is -3.85. The average Bonchev–Trinajstić information content (AvgIpc) is 2.66. The van der Waals surface area contributed by atoms with Gasteiger partial charge in [-0.1, -0.05) is 36.4 Å². The van der Waals surface area contributed by atoms with Crippen molar-refractivity contribution in [2.45, 2.75) is 45.6 Å². The minimum Gasteiger partial charge on any atom is -0.325 e. The van der Waals surface area contributed by atoms with E-state index < -0.39 is 22.0 Å². The standard InChI is InChI=1S/C23H26N2O3S/c1-14-12-15(2)17(4)22(16(14)3)29(27,28)25-18(5)23(26)24-21-11-10-19-8-6-7-9-20(19)13-21/h6-13,18,25H,1-5H3,(H,24,26)/t18-/m0/s1. The van der Waals surface area contributed by atoms with Gasteiger partial charge < -0.3 is 5.32 Å². The first-order chi connectivity index (χ1) is 13.6. The summed E-state index contributed by atoms with van der Waals surface area (Å²) < 4.78 is 28.6. The van der Waals surface area contributed by atoms with Crippen LogP contribution in [0.4, 0.5) is 5.69 Å². The zero-order valence-corrected chi connectivity index (χ0v) is 18.1. The van der Waals surface area contributed by atoms with Gasteiger partial charge in [-0.2, -0.15) is 4.72 Å². The minimum absolute atomic E-state index is 0.250. The molecule has 0 aromatic heterocycles. The summed E-state index contributed by atoms with van der Waals surface area (Å²) in [6, 6.07) is 14.5. The van der Waals surface area contributed by atoms with Gasteiger partial charge in [0.1, 0.15) is 0 Å². The fraction of sp³-hybridized carbons (Fsp3) is 0.261. The lowest BCUT2D eigenvalue weighted by Crippen LogP contribution is -2.42. The van der Waals surface area contributed by atoms with Gasteiger partial charge in [0.2, 0.25) is 15.9 Å². The largest absolute Gasteiger partial charge is 0.325 e. The highest BCUT2D eigenvalue weighted by Gasteiger charge is 2.26. The van der Waals surface area contributed by atoms with Crippen LogP contribution in [0.1, 0.15) is 29.2 Å². The van der Waals surface area contributed by atoms with Gasteiger partial charge >= 0.3 is 0 Å². The van der Waals surface area contributed by atoms with Crippen molar-refractivity contribution in [1.29, 1.82) is 0 Å². The third kappa shape index (κ3) is 4.33. The molecule has 0 aliphatic carbocycles. The Morgan fingerprint density at radius 2 is 1.45 bits per heavy atom. The molecular formula is C23H26N2O3S. The summed E-state index contributed by atoms with van der Waals surface area (Å²) in [5, 5.41) is 4.86. The van der Waals surface area contributed by atoms with Crippen molar-refractivity contribution in [1.82, 2.24) is 4.72 Å². The molecule has 0 radical (unpaired) electrons. The number of sulfonamides is 1. The third-order valence-electron chi connectivity index (χ3n) is 5.31. The molecule has 6 heteroatoms. The lowest BCUT2D eigenvalue weighted by atomic mass is 10.0. The number of fused-ring (bicyclic) bond motifs is 1. The van der Waals surface area contributed by atoms with Crippen LogP contribution in [0, 0.1) is 27.7 Å². The molecule has 3 aromatic carbocycles. The molecule has 3 rings (SSSR count). The maximum Gasteiger partial charge on any atom is 0.242 e. The number of anilines is 1. The van der Waals surface area contributed by atoms with Crippen LogP contribution >= 0.6 is 0 Å². The molecule has 2 N–H and O–H groups in total. The van der Waals surface area contributed by atoms with E-state index in [9.17, 15) is 13.2 Å². The fourth-order valence-corrected chi connectivity index (χ4v) is 5.27. The molecule has 5 nitrogen and oxygen atoms in total. The van der Waals surface area contributed by atoms with Crippen LogP contribution in [0.5, 0.6) is 0 Å². The zero-order valence-electron chi connectivity index (χ0n) is 17.3. The lowest BCUT2D eigenvalue weighted by Gasteiger charge is -2.19. The van der Waals surface area contributed by atoms with Gasteiger partial charge in [-0.15, -0.1) is 0 Å². The topological polar surface area (TPSA) is 75.3 Å². The quantitative estimate of drug-likeness (QED) is 0.655. The van der Waals surface area contributed by atoms with Crippen LogP contribution in [0.25, 0.3) is 10.8 Å². The first kappa shape index (κ1) is 21.0. The maximum absolute atomic E-state index is 13.0. The highest BCUT2D eigenvalue weighted by molar-refractivity contribution is 7.89. The normalized spacial score (nSPS) is 12.7. The van der Waals surface area contributed by atoms with E-state index in [1.807, 2.05) is 56.3 Å². The smallest absolute Gasteiger partial charge is 0.242 e. The number of aryl methyl sites for hydroxylation is 2. The van der Waals surface area contributed by atoms with Gasteiger partial charge in [0, 0.05) is 5.69 Å². The van der Waals surface area contributed by atoms with Crippen LogP contribution in [0.15, 0.2) is 53.4 Å². The van der Waals surface area contributed by atoms with Crippen molar-refractivity contribution in [2.24, 2.45) is 0 Å². The van der Waals surface area contributed by atoms with E-state index in [0.29, 0.717) is 16.8 Å². The molecule has 0 spiro atoms. The summed E-state index contributed by atoms with van der Waals surface area (Å²) >= 11 is 0. The summed E-state index contributed by atoms with van der Waals surface area (Å²) in [5.74, 6) is -0.413. The number of amides is 1. The lowest BCUT2D eigenvalue weighted by molar-refractivity contribution is -0.117. The number of rotatable bonds is 5. The molecule has 1 amide bonds. The summed E-state index contributed by atoms with van der Waals surface area (Å²) in [4.78, 5) is 12.9. The first-order valence-corrected chi connectivity index (χ1v) is 11.0. The predicted molar refractivity (Wildman–Crippen MR) is 118 cm³/mol. The zero-order chi connectivity index (χ0) is 21.3. The molecule has 0 saturated heterocycles. The van der Waals surface area contributed by atoms with Gasteiger partial charge in [-0.05, 0) is 79.8 Å². The molecule has 0 bridgehead atoms. The molecule has 0 aliphatic rings. The number of carbonyl (C=O) groups excluding carboxylic acids is 1. The van der Waals surface area contributed by atoms with Gasteiger partial charge in [0.25, 0.3) is 0 Å². The number of benzene rings is 3. The van der Waals surface area contributed by atoms with E-state index in [-0.39, 0.29) is 4.90 Å². The highest BCUT2D eigenvalue weighted by Crippen LogP contribution is 2.26.